The van der Waals surface area contributed by atoms with Crippen LogP contribution < -0.4 is 14.8 Å². The molecule has 0 radical (unpaired) electrons. The van der Waals surface area contributed by atoms with Gasteiger partial charge < -0.3 is 15.2 Å². The third kappa shape index (κ3) is 8.09. The summed E-state index contributed by atoms with van der Waals surface area (Å²) in [5, 5.41) is 13.1. The van der Waals surface area contributed by atoms with E-state index >= 15 is 0 Å². The van der Waals surface area contributed by atoms with Crippen molar-refractivity contribution in [3.05, 3.63) is 113 Å². The second-order valence-corrected chi connectivity index (χ2v) is 11.9. The minimum atomic E-state index is -3.90. The van der Waals surface area contributed by atoms with E-state index in [4.69, 9.17) is 4.74 Å². The molecule has 1 unspecified atom stereocenters. The number of aliphatic carboxylic acids is 1. The summed E-state index contributed by atoms with van der Waals surface area (Å²) in [6.45, 7) is 2.15. The summed E-state index contributed by atoms with van der Waals surface area (Å²) in [6.07, 6.45) is 2.24. The number of benzene rings is 4. The number of ether oxygens (including phenoxy) is 1. The van der Waals surface area contributed by atoms with E-state index in [9.17, 15) is 18.3 Å². The van der Waals surface area contributed by atoms with Crippen molar-refractivity contribution in [2.24, 2.45) is 0 Å². The molecule has 7 nitrogen and oxygen atoms in total. The number of carboxylic acids is 1. The van der Waals surface area contributed by atoms with Crippen LogP contribution in [0, 0.1) is 0 Å². The van der Waals surface area contributed by atoms with Crippen LogP contribution in [0.3, 0.4) is 0 Å². The van der Waals surface area contributed by atoms with Crippen LogP contribution >= 0.6 is 15.9 Å². The Morgan fingerprint density at radius 3 is 2.25 bits per heavy atom. The molecule has 3 N–H and O–H groups in total. The lowest BCUT2D eigenvalue weighted by Crippen LogP contribution is -2.29. The van der Waals surface area contributed by atoms with Crippen LogP contribution in [0.15, 0.2) is 106 Å². The quantitative estimate of drug-likeness (QED) is 0.143. The van der Waals surface area contributed by atoms with Gasteiger partial charge in [-0.2, -0.15) is 0 Å². The molecule has 0 aliphatic carbocycles. The largest absolute Gasteiger partial charge is 0.478 e. The number of hydrogen-bond acceptors (Lipinski definition) is 5. The van der Waals surface area contributed by atoms with E-state index in [1.807, 2.05) is 54.6 Å². The number of carbonyl (C=O) groups is 1. The fourth-order valence-corrected chi connectivity index (χ4v) is 5.41. The summed E-state index contributed by atoms with van der Waals surface area (Å²) in [5.74, 6) is -0.807. The highest BCUT2D eigenvalue weighted by molar-refractivity contribution is 9.10. The Morgan fingerprint density at radius 1 is 0.900 bits per heavy atom. The van der Waals surface area contributed by atoms with Crippen molar-refractivity contribution < 1.29 is 23.1 Å². The second-order valence-electron chi connectivity index (χ2n) is 9.33. The van der Waals surface area contributed by atoms with Gasteiger partial charge in [-0.25, -0.2) is 13.2 Å². The SMILES string of the molecule is CCCCc1ccc(Nc2cc(OC(Cc3ccccc3)C(=O)O)ccc2NS(=O)(=O)c2ccc(Br)cc2)cc1. The Hall–Kier alpha value is -3.82. The first-order valence-corrected chi connectivity index (χ1v) is 15.2. The van der Waals surface area contributed by atoms with Gasteiger partial charge in [-0.1, -0.05) is 71.7 Å². The Bertz CT molecular complexity index is 1530. The van der Waals surface area contributed by atoms with Crippen molar-refractivity contribution in [3.8, 4) is 5.75 Å². The molecule has 0 saturated carbocycles. The maximum Gasteiger partial charge on any atom is 0.345 e. The standard InChI is InChI=1S/C31H31BrN2O5S/c1-2-3-7-22-10-14-25(15-11-22)33-29-21-26(39-30(31(35)36)20-23-8-5-4-6-9-23)16-19-28(29)34-40(37,38)27-17-12-24(32)13-18-27/h4-6,8-19,21,30,33-34H,2-3,7,20H2,1H3,(H,35,36). The third-order valence-electron chi connectivity index (χ3n) is 6.23. The van der Waals surface area contributed by atoms with E-state index in [1.54, 1.807) is 30.3 Å². The van der Waals surface area contributed by atoms with E-state index in [2.05, 4.69) is 32.9 Å². The molecule has 0 aliphatic heterocycles. The van der Waals surface area contributed by atoms with Gasteiger partial charge >= 0.3 is 5.97 Å². The van der Waals surface area contributed by atoms with Gasteiger partial charge in [0.25, 0.3) is 10.0 Å². The van der Waals surface area contributed by atoms with Crippen molar-refractivity contribution in [3.63, 3.8) is 0 Å². The van der Waals surface area contributed by atoms with Crippen molar-refractivity contribution in [2.75, 3.05) is 10.0 Å². The van der Waals surface area contributed by atoms with Crippen LogP contribution in [0.2, 0.25) is 0 Å². The van der Waals surface area contributed by atoms with Gasteiger partial charge in [0.1, 0.15) is 5.75 Å². The summed E-state index contributed by atoms with van der Waals surface area (Å²) < 4.78 is 35.6. The maximum absolute atomic E-state index is 13.2. The molecule has 9 heteroatoms. The zero-order chi connectivity index (χ0) is 28.5. The zero-order valence-corrected chi connectivity index (χ0v) is 24.4. The molecule has 0 aliphatic rings. The lowest BCUT2D eigenvalue weighted by atomic mass is 10.1. The number of aryl methyl sites for hydroxylation is 1. The molecular formula is C31H31BrN2O5S. The molecule has 0 fully saturated rings. The lowest BCUT2D eigenvalue weighted by Gasteiger charge is -2.19. The van der Waals surface area contributed by atoms with E-state index in [0.29, 0.717) is 11.4 Å². The molecule has 0 heterocycles. The summed E-state index contributed by atoms with van der Waals surface area (Å²) in [7, 11) is -3.90. The van der Waals surface area contributed by atoms with Crippen LogP contribution in [0.5, 0.6) is 5.75 Å². The van der Waals surface area contributed by atoms with E-state index in [-0.39, 0.29) is 17.1 Å². The van der Waals surface area contributed by atoms with E-state index in [0.717, 1.165) is 35.0 Å². The van der Waals surface area contributed by atoms with Crippen LogP contribution in [-0.2, 0) is 27.7 Å². The Labute approximate surface area is 243 Å². The first-order valence-electron chi connectivity index (χ1n) is 13.0. The Kier molecular flexibility index (Phi) is 9.84. The number of unbranched alkanes of at least 4 members (excludes halogenated alkanes) is 1. The summed E-state index contributed by atoms with van der Waals surface area (Å²) in [5.41, 5.74) is 3.50. The molecule has 0 amide bonds. The van der Waals surface area contributed by atoms with Gasteiger partial charge in [-0.05, 0) is 72.5 Å². The molecule has 0 bridgehead atoms. The molecular weight excluding hydrogens is 592 g/mol. The third-order valence-corrected chi connectivity index (χ3v) is 8.14. The number of halogens is 1. The molecule has 40 heavy (non-hydrogen) atoms. The molecule has 4 rings (SSSR count). The number of anilines is 3. The van der Waals surface area contributed by atoms with Crippen LogP contribution in [-0.4, -0.2) is 25.6 Å². The number of carboxylic acid groups (broad SMARTS) is 1. The Balaban J connectivity index is 1.63. The molecule has 208 valence electrons. The van der Waals surface area contributed by atoms with Gasteiger partial charge in [0.15, 0.2) is 6.10 Å². The summed E-state index contributed by atoms with van der Waals surface area (Å²) in [4.78, 5) is 12.1. The van der Waals surface area contributed by atoms with Crippen LogP contribution in [0.1, 0.15) is 30.9 Å². The Morgan fingerprint density at radius 2 is 1.60 bits per heavy atom. The molecule has 4 aromatic carbocycles. The maximum atomic E-state index is 13.2. The number of hydrogen-bond donors (Lipinski definition) is 3. The van der Waals surface area contributed by atoms with Gasteiger partial charge in [0.2, 0.25) is 0 Å². The monoisotopic (exact) mass is 622 g/mol. The van der Waals surface area contributed by atoms with E-state index < -0.39 is 22.1 Å². The average Bonchev–Trinajstić information content (AvgIpc) is 2.94. The van der Waals surface area contributed by atoms with Crippen LogP contribution in [0.4, 0.5) is 17.1 Å². The average molecular weight is 624 g/mol. The summed E-state index contributed by atoms with van der Waals surface area (Å²) >= 11 is 3.32. The topological polar surface area (TPSA) is 105 Å². The fourth-order valence-electron chi connectivity index (χ4n) is 4.07. The van der Waals surface area contributed by atoms with Crippen LogP contribution in [0.25, 0.3) is 0 Å². The fraction of sp³-hybridized carbons (Fsp3) is 0.194. The molecule has 1 atom stereocenters. The van der Waals surface area contributed by atoms with Gasteiger partial charge in [-0.3, -0.25) is 4.72 Å². The van der Waals surface area contributed by atoms with Crippen molar-refractivity contribution in [2.45, 2.75) is 43.6 Å². The normalized spacial score (nSPS) is 11.9. The minimum Gasteiger partial charge on any atom is -0.478 e. The molecule has 0 saturated heterocycles. The van der Waals surface area contributed by atoms with Gasteiger partial charge in [0, 0.05) is 22.6 Å². The predicted octanol–water partition coefficient (Wildman–Crippen LogP) is 7.41. The number of rotatable bonds is 13. The lowest BCUT2D eigenvalue weighted by molar-refractivity contribution is -0.145. The first-order chi connectivity index (χ1) is 19.2. The predicted molar refractivity (Wildman–Crippen MR) is 162 cm³/mol. The number of sulfonamides is 1. The van der Waals surface area contributed by atoms with Gasteiger partial charge in [0.05, 0.1) is 16.3 Å². The highest BCUT2D eigenvalue weighted by Crippen LogP contribution is 2.33. The summed E-state index contributed by atoms with van der Waals surface area (Å²) in [6, 6.07) is 28.2. The zero-order valence-electron chi connectivity index (χ0n) is 22.0. The van der Waals surface area contributed by atoms with Gasteiger partial charge in [-0.15, -0.1) is 0 Å². The van der Waals surface area contributed by atoms with Crippen molar-refractivity contribution in [1.82, 2.24) is 0 Å². The first kappa shape index (κ1) is 29.2. The second kappa shape index (κ2) is 13.5. The molecule has 4 aromatic rings. The van der Waals surface area contributed by atoms with E-state index in [1.165, 1.54) is 17.7 Å². The molecule has 0 aromatic heterocycles. The van der Waals surface area contributed by atoms with Crippen molar-refractivity contribution >= 4 is 49.0 Å². The minimum absolute atomic E-state index is 0.107. The molecule has 0 spiro atoms. The smallest absolute Gasteiger partial charge is 0.345 e. The number of nitrogens with one attached hydrogen (secondary N) is 2. The highest BCUT2D eigenvalue weighted by Gasteiger charge is 2.22. The van der Waals surface area contributed by atoms with Crippen molar-refractivity contribution in [1.29, 1.82) is 0 Å². The highest BCUT2D eigenvalue weighted by atomic mass is 79.9.